The Labute approximate surface area is 155 Å². The number of hydrogen-bond donors (Lipinski definition) is 0. The Kier molecular flexibility index (Phi) is 5.55. The van der Waals surface area contributed by atoms with Crippen LogP contribution in [-0.4, -0.2) is 61.9 Å². The summed E-state index contributed by atoms with van der Waals surface area (Å²) in [5, 5.41) is 8.27. The summed E-state index contributed by atoms with van der Waals surface area (Å²) in [6.07, 6.45) is 0. The normalized spacial score (nSPS) is 18.3. The van der Waals surface area contributed by atoms with E-state index in [1.54, 1.807) is 21.1 Å². The predicted molar refractivity (Wildman–Crippen MR) is 99.5 cm³/mol. The zero-order chi connectivity index (χ0) is 18.0. The number of aryl methyl sites for hydroxylation is 2. The fourth-order valence-corrected chi connectivity index (χ4v) is 4.18. The van der Waals surface area contributed by atoms with Crippen LogP contribution in [0.4, 0.5) is 0 Å². The van der Waals surface area contributed by atoms with Crippen LogP contribution in [0.1, 0.15) is 11.1 Å². The summed E-state index contributed by atoms with van der Waals surface area (Å²) in [6, 6.07) is 6.16. The zero-order valence-corrected chi connectivity index (χ0v) is 16.1. The molecule has 1 aromatic carbocycles. The fraction of sp³-hybridized carbons (Fsp3) is 0.500. The number of esters is 1. The summed E-state index contributed by atoms with van der Waals surface area (Å²) >= 11 is 7.19. The Balaban J connectivity index is 1.79. The van der Waals surface area contributed by atoms with Crippen LogP contribution in [0.25, 0.3) is 5.69 Å². The van der Waals surface area contributed by atoms with Gasteiger partial charge in [-0.25, -0.2) is 4.68 Å². The lowest BCUT2D eigenvalue weighted by atomic mass is 10.1. The second-order valence-corrected chi connectivity index (χ2v) is 7.74. The molecule has 1 aliphatic rings. The minimum Gasteiger partial charge on any atom is -0.468 e. The molecule has 0 N–H and O–H groups in total. The smallest absolute Gasteiger partial charge is 0.320 e. The minimum absolute atomic E-state index is 0.165. The number of nitrogens with zero attached hydrogens (tertiary/aromatic N) is 5. The molecule has 0 saturated carbocycles. The number of benzene rings is 1. The second kappa shape index (κ2) is 7.67. The molecule has 25 heavy (non-hydrogen) atoms. The molecule has 1 aromatic heterocycles. The number of aromatic nitrogens is 4. The van der Waals surface area contributed by atoms with Gasteiger partial charge in [0.2, 0.25) is 4.77 Å². The number of tetrazole rings is 1. The first-order valence-electron chi connectivity index (χ1n) is 8.02. The highest BCUT2D eigenvalue weighted by Gasteiger charge is 2.27. The number of ether oxygens (including phenoxy) is 1. The summed E-state index contributed by atoms with van der Waals surface area (Å²) in [6.45, 7) is 6.07. The Hall–Kier alpha value is -1.71. The van der Waals surface area contributed by atoms with E-state index in [1.165, 1.54) is 7.11 Å². The maximum atomic E-state index is 11.8. The van der Waals surface area contributed by atoms with Crippen LogP contribution in [0, 0.1) is 18.6 Å². The SMILES string of the molecule is COC(=O)[C@H]1CN(Cn2nnn(-c3cc(C)ccc3C)c2=S)CCS1. The molecule has 0 unspecified atom stereocenters. The topological polar surface area (TPSA) is 65.2 Å². The fourth-order valence-electron chi connectivity index (χ4n) is 2.76. The van der Waals surface area contributed by atoms with Gasteiger partial charge in [0.15, 0.2) is 0 Å². The third-order valence-electron chi connectivity index (χ3n) is 4.18. The number of rotatable bonds is 4. The number of hydrogen-bond acceptors (Lipinski definition) is 7. The quantitative estimate of drug-likeness (QED) is 0.594. The first kappa shape index (κ1) is 18.1. The van der Waals surface area contributed by atoms with Gasteiger partial charge in [-0.3, -0.25) is 9.69 Å². The molecule has 134 valence electrons. The number of methoxy groups -OCH3 is 1. The van der Waals surface area contributed by atoms with E-state index in [4.69, 9.17) is 17.0 Å². The van der Waals surface area contributed by atoms with Crippen molar-refractivity contribution in [1.29, 1.82) is 0 Å². The Bertz CT molecular complexity index is 832. The maximum Gasteiger partial charge on any atom is 0.320 e. The Morgan fingerprint density at radius 3 is 2.96 bits per heavy atom. The summed E-state index contributed by atoms with van der Waals surface area (Å²) in [7, 11) is 1.42. The van der Waals surface area contributed by atoms with Gasteiger partial charge in [0.05, 0.1) is 19.5 Å². The van der Waals surface area contributed by atoms with Crippen molar-refractivity contribution in [1.82, 2.24) is 24.7 Å². The lowest BCUT2D eigenvalue weighted by molar-refractivity contribution is -0.140. The van der Waals surface area contributed by atoms with Gasteiger partial charge in [-0.1, -0.05) is 12.1 Å². The lowest BCUT2D eigenvalue weighted by Gasteiger charge is -2.30. The van der Waals surface area contributed by atoms with Crippen molar-refractivity contribution in [3.63, 3.8) is 0 Å². The highest BCUT2D eigenvalue weighted by Crippen LogP contribution is 2.20. The van der Waals surface area contributed by atoms with Crippen LogP contribution < -0.4 is 0 Å². The molecule has 1 atom stereocenters. The third-order valence-corrected chi connectivity index (χ3v) is 5.73. The minimum atomic E-state index is -0.183. The van der Waals surface area contributed by atoms with E-state index in [9.17, 15) is 4.79 Å². The van der Waals surface area contributed by atoms with Crippen molar-refractivity contribution in [2.75, 3.05) is 26.0 Å². The van der Waals surface area contributed by atoms with Gasteiger partial charge in [-0.05, 0) is 53.7 Å². The Morgan fingerprint density at radius 2 is 2.20 bits per heavy atom. The van der Waals surface area contributed by atoms with Crippen LogP contribution in [0.15, 0.2) is 18.2 Å². The molecular weight excluding hydrogens is 358 g/mol. The van der Waals surface area contributed by atoms with Gasteiger partial charge >= 0.3 is 5.97 Å². The number of carbonyl (C=O) groups excluding carboxylic acids is 1. The van der Waals surface area contributed by atoms with E-state index in [0.29, 0.717) is 18.0 Å². The third kappa shape index (κ3) is 3.94. The Morgan fingerprint density at radius 1 is 1.40 bits per heavy atom. The van der Waals surface area contributed by atoms with Crippen LogP contribution in [-0.2, 0) is 16.2 Å². The van der Waals surface area contributed by atoms with Gasteiger partial charge < -0.3 is 4.74 Å². The summed E-state index contributed by atoms with van der Waals surface area (Å²) < 4.78 is 8.78. The standard InChI is InChI=1S/C16H21N5O2S2/c1-11-4-5-12(2)13(8-11)21-16(24)20(17-18-21)10-19-6-7-25-14(9-19)15(22)23-3/h4-5,8,14H,6-7,9-10H2,1-3H3/t14-/m1/s1. The van der Waals surface area contributed by atoms with E-state index >= 15 is 0 Å². The van der Waals surface area contributed by atoms with Crippen molar-refractivity contribution in [2.45, 2.75) is 25.8 Å². The molecule has 0 radical (unpaired) electrons. The number of thioether (sulfide) groups is 1. The maximum absolute atomic E-state index is 11.8. The van der Waals surface area contributed by atoms with Gasteiger partial charge in [0.1, 0.15) is 5.25 Å². The highest BCUT2D eigenvalue weighted by atomic mass is 32.2. The summed E-state index contributed by atoms with van der Waals surface area (Å²) in [4.78, 5) is 13.9. The van der Waals surface area contributed by atoms with Gasteiger partial charge in [0.25, 0.3) is 0 Å². The van der Waals surface area contributed by atoms with E-state index in [-0.39, 0.29) is 11.2 Å². The highest BCUT2D eigenvalue weighted by molar-refractivity contribution is 8.00. The molecule has 1 saturated heterocycles. The van der Waals surface area contributed by atoms with E-state index in [1.807, 2.05) is 19.9 Å². The molecule has 1 aliphatic heterocycles. The molecule has 9 heteroatoms. The molecule has 3 rings (SSSR count). The van der Waals surface area contributed by atoms with Gasteiger partial charge in [-0.15, -0.1) is 11.8 Å². The van der Waals surface area contributed by atoms with Crippen molar-refractivity contribution < 1.29 is 9.53 Å². The largest absolute Gasteiger partial charge is 0.468 e. The molecule has 2 aromatic rings. The predicted octanol–water partition coefficient (Wildman–Crippen LogP) is 1.96. The van der Waals surface area contributed by atoms with Crippen LogP contribution in [0.3, 0.4) is 0 Å². The lowest BCUT2D eigenvalue weighted by Crippen LogP contribution is -2.42. The van der Waals surface area contributed by atoms with E-state index < -0.39 is 0 Å². The molecule has 0 spiro atoms. The van der Waals surface area contributed by atoms with Crippen LogP contribution >= 0.6 is 24.0 Å². The molecule has 7 nitrogen and oxygen atoms in total. The van der Waals surface area contributed by atoms with Crippen molar-refractivity contribution >= 4 is 29.9 Å². The average molecular weight is 380 g/mol. The molecule has 2 heterocycles. The molecule has 1 fully saturated rings. The monoisotopic (exact) mass is 379 g/mol. The first-order valence-corrected chi connectivity index (χ1v) is 9.47. The number of carbonyl (C=O) groups is 1. The van der Waals surface area contributed by atoms with Crippen molar-refractivity contribution in [3.8, 4) is 5.69 Å². The second-order valence-electron chi connectivity index (χ2n) is 6.06. The van der Waals surface area contributed by atoms with Crippen LogP contribution in [0.2, 0.25) is 0 Å². The van der Waals surface area contributed by atoms with Gasteiger partial charge in [0, 0.05) is 18.8 Å². The molecule has 0 bridgehead atoms. The summed E-state index contributed by atoms with van der Waals surface area (Å²) in [5.74, 6) is 0.690. The van der Waals surface area contributed by atoms with Crippen molar-refractivity contribution in [2.24, 2.45) is 0 Å². The summed E-state index contributed by atoms with van der Waals surface area (Å²) in [5.41, 5.74) is 3.18. The molecular formula is C16H21N5O2S2. The van der Waals surface area contributed by atoms with E-state index in [2.05, 4.69) is 27.5 Å². The first-order chi connectivity index (χ1) is 12.0. The molecule has 0 aliphatic carbocycles. The molecule has 0 amide bonds. The average Bonchev–Trinajstić information content (AvgIpc) is 2.97. The van der Waals surface area contributed by atoms with Gasteiger partial charge in [-0.2, -0.15) is 4.68 Å². The zero-order valence-electron chi connectivity index (χ0n) is 14.5. The van der Waals surface area contributed by atoms with E-state index in [0.717, 1.165) is 29.1 Å². The van der Waals surface area contributed by atoms with Crippen LogP contribution in [0.5, 0.6) is 0 Å². The van der Waals surface area contributed by atoms with Crippen molar-refractivity contribution in [3.05, 3.63) is 34.1 Å².